The van der Waals surface area contributed by atoms with Gasteiger partial charge in [-0.05, 0) is 122 Å². The normalized spacial score (nSPS) is 27.7. The number of anilines is 2. The van der Waals surface area contributed by atoms with Gasteiger partial charge >= 0.3 is 0 Å². The van der Waals surface area contributed by atoms with Gasteiger partial charge in [0.2, 0.25) is 23.7 Å². The van der Waals surface area contributed by atoms with Crippen LogP contribution in [0.4, 0.5) is 11.9 Å². The number of carbonyl (C=O) groups is 2. The van der Waals surface area contributed by atoms with E-state index < -0.39 is 0 Å². The summed E-state index contributed by atoms with van der Waals surface area (Å²) >= 11 is 12.5. The van der Waals surface area contributed by atoms with Crippen LogP contribution in [0.5, 0.6) is 0 Å². The highest BCUT2D eigenvalue weighted by Crippen LogP contribution is 2.48. The monoisotopic (exact) mass is 736 g/mol. The molecule has 14 heteroatoms. The van der Waals surface area contributed by atoms with Crippen LogP contribution in [0.2, 0.25) is 10.3 Å². The highest BCUT2D eigenvalue weighted by Gasteiger charge is 2.43. The maximum Gasteiger partial charge on any atom is 0.229 e. The Balaban J connectivity index is 0.881. The smallest absolute Gasteiger partial charge is 0.229 e. The molecule has 4 fully saturated rings. The van der Waals surface area contributed by atoms with E-state index >= 15 is 0 Å². The van der Waals surface area contributed by atoms with Crippen LogP contribution >= 0.6 is 23.2 Å². The first-order valence-corrected chi connectivity index (χ1v) is 19.2. The van der Waals surface area contributed by atoms with Gasteiger partial charge in [0.05, 0.1) is 36.3 Å². The molecule has 12 nitrogen and oxygen atoms in total. The number of nitrogens with zero attached hydrogens (tertiary/aromatic N) is 6. The molecule has 4 aliphatic rings. The van der Waals surface area contributed by atoms with E-state index in [1.165, 1.54) is 0 Å². The number of hydrogen-bond donors (Lipinski definition) is 2. The number of aromatic nitrogens is 6. The lowest BCUT2D eigenvalue weighted by Gasteiger charge is -2.41. The van der Waals surface area contributed by atoms with Crippen molar-refractivity contribution in [3.63, 3.8) is 0 Å². The minimum Gasteiger partial charge on any atom is -0.372 e. The Morgan fingerprint density at radius 2 is 1.31 bits per heavy atom. The van der Waals surface area contributed by atoms with Gasteiger partial charge in [-0.15, -0.1) is 0 Å². The molecule has 4 aromatic rings. The van der Waals surface area contributed by atoms with Gasteiger partial charge in [-0.2, -0.15) is 0 Å². The summed E-state index contributed by atoms with van der Waals surface area (Å²) in [5.41, 5.74) is 2.27. The quantitative estimate of drug-likeness (QED) is 0.156. The first-order chi connectivity index (χ1) is 24.4. The number of hydrogen-bond acceptors (Lipinski definition) is 8. The van der Waals surface area contributed by atoms with Crippen molar-refractivity contribution >= 4 is 69.2 Å². The fourth-order valence-corrected chi connectivity index (χ4v) is 8.90. The number of pyridine rings is 2. The van der Waals surface area contributed by atoms with Gasteiger partial charge in [0.1, 0.15) is 21.3 Å². The minimum atomic E-state index is -0.316. The summed E-state index contributed by atoms with van der Waals surface area (Å²) in [5, 5.41) is 6.94. The Morgan fingerprint density at radius 1 is 0.745 bits per heavy atom. The molecule has 0 spiro atoms. The Morgan fingerprint density at radius 3 is 1.86 bits per heavy atom. The summed E-state index contributed by atoms with van der Waals surface area (Å²) in [6.45, 7) is 6.33. The van der Waals surface area contributed by atoms with Crippen molar-refractivity contribution in [3.05, 3.63) is 34.6 Å². The van der Waals surface area contributed by atoms with Crippen LogP contribution in [-0.4, -0.2) is 64.3 Å². The number of ether oxygens (including phenoxy) is 2. The van der Waals surface area contributed by atoms with Crippen molar-refractivity contribution in [2.24, 2.45) is 5.92 Å². The summed E-state index contributed by atoms with van der Waals surface area (Å²) in [7, 11) is 0. The van der Waals surface area contributed by atoms with E-state index in [4.69, 9.17) is 37.7 Å². The van der Waals surface area contributed by atoms with Gasteiger partial charge in [-0.1, -0.05) is 23.2 Å². The molecular weight excluding hydrogens is 691 g/mol. The van der Waals surface area contributed by atoms with E-state index in [9.17, 15) is 9.59 Å². The molecule has 2 aliphatic carbocycles. The summed E-state index contributed by atoms with van der Waals surface area (Å²) in [6, 6.07) is 7.52. The van der Waals surface area contributed by atoms with Crippen LogP contribution in [0.25, 0.3) is 22.3 Å². The van der Waals surface area contributed by atoms with Crippen molar-refractivity contribution in [2.75, 3.05) is 10.6 Å². The molecule has 3 unspecified atom stereocenters. The molecule has 0 radical (unpaired) electrons. The summed E-state index contributed by atoms with van der Waals surface area (Å²) in [6.07, 6.45) is 10.8. The van der Waals surface area contributed by atoms with Gasteiger partial charge in [0.15, 0.2) is 11.3 Å². The van der Waals surface area contributed by atoms with Gasteiger partial charge in [-0.25, -0.2) is 19.9 Å². The Kier molecular flexibility index (Phi) is 9.26. The second-order valence-corrected chi connectivity index (χ2v) is 16.7. The topological polar surface area (TPSA) is 138 Å². The van der Waals surface area contributed by atoms with Crippen LogP contribution in [0.1, 0.15) is 116 Å². The summed E-state index contributed by atoms with van der Waals surface area (Å²) < 4.78 is 16.9. The van der Waals surface area contributed by atoms with Crippen LogP contribution < -0.4 is 10.6 Å². The molecule has 2 saturated heterocycles. The molecule has 6 heterocycles. The largest absolute Gasteiger partial charge is 0.372 e. The number of rotatable bonds is 10. The highest BCUT2D eigenvalue weighted by atomic mass is 35.5. The molecule has 2 amide bonds. The van der Waals surface area contributed by atoms with Crippen LogP contribution in [0, 0.1) is 5.92 Å². The maximum absolute atomic E-state index is 13.3. The first kappa shape index (κ1) is 34.7. The van der Waals surface area contributed by atoms with Crippen molar-refractivity contribution in [1.82, 2.24) is 29.1 Å². The van der Waals surface area contributed by atoms with Crippen molar-refractivity contribution < 1.29 is 19.1 Å². The lowest BCUT2D eigenvalue weighted by atomic mass is 9.73. The predicted octanol–water partition coefficient (Wildman–Crippen LogP) is 8.19. The van der Waals surface area contributed by atoms with Gasteiger partial charge in [-0.3, -0.25) is 29.4 Å². The van der Waals surface area contributed by atoms with E-state index in [1.54, 1.807) is 12.1 Å². The Labute approximate surface area is 307 Å². The molecule has 8 rings (SSSR count). The second kappa shape index (κ2) is 13.6. The van der Waals surface area contributed by atoms with E-state index in [0.29, 0.717) is 44.9 Å². The van der Waals surface area contributed by atoms with E-state index in [-0.39, 0.29) is 60.1 Å². The zero-order valence-corrected chi connectivity index (χ0v) is 31.0. The van der Waals surface area contributed by atoms with Gasteiger partial charge in [0.25, 0.3) is 0 Å². The van der Waals surface area contributed by atoms with Crippen LogP contribution in [-0.2, 0) is 19.1 Å². The molecule has 0 aromatic carbocycles. The summed E-state index contributed by atoms with van der Waals surface area (Å²) in [4.78, 5) is 45.1. The molecular formula is C37H46Cl2N8O4. The average Bonchev–Trinajstić information content (AvgIpc) is 3.66. The fraction of sp³-hybridized carbons (Fsp3) is 0.622. The van der Waals surface area contributed by atoms with Crippen molar-refractivity contribution in [3.8, 4) is 0 Å². The summed E-state index contributed by atoms with van der Waals surface area (Å²) in [5.74, 6) is 1.23. The fourth-order valence-electron chi connectivity index (χ4n) is 8.62. The predicted molar refractivity (Wildman–Crippen MR) is 196 cm³/mol. The Hall–Kier alpha value is -3.32. The SMILES string of the molecule is CC1(C)CCCC(CC(=O)Nc2nc3ccc(Cl)nc3n2C2CC(CC3(C)CCC(CC(=O)Nc4nc5ccc(Cl)nc5n4C4CCC4)O3)C2)O1. The number of fused-ring (bicyclic) bond motifs is 2. The number of nitrogens with one attached hydrogen (secondary N) is 2. The zero-order valence-electron chi connectivity index (χ0n) is 29.5. The molecule has 272 valence electrons. The maximum atomic E-state index is 13.3. The van der Waals surface area contributed by atoms with Gasteiger partial charge < -0.3 is 9.47 Å². The van der Waals surface area contributed by atoms with Crippen molar-refractivity contribution in [2.45, 2.75) is 140 Å². The number of carbonyl (C=O) groups excluding carboxylic acids is 2. The molecule has 0 bridgehead atoms. The number of amides is 2. The van der Waals surface area contributed by atoms with E-state index in [2.05, 4.69) is 46.4 Å². The third-order valence-corrected chi connectivity index (χ3v) is 11.7. The molecule has 4 aromatic heterocycles. The third-order valence-electron chi connectivity index (χ3n) is 11.3. The molecule has 3 atom stereocenters. The van der Waals surface area contributed by atoms with E-state index in [1.807, 2.05) is 21.3 Å². The third kappa shape index (κ3) is 7.34. The molecule has 51 heavy (non-hydrogen) atoms. The lowest BCUT2D eigenvalue weighted by Crippen LogP contribution is -2.37. The number of halogens is 2. The molecule has 2 aliphatic heterocycles. The molecule has 2 N–H and O–H groups in total. The minimum absolute atomic E-state index is 0.109. The van der Waals surface area contributed by atoms with Crippen LogP contribution in [0.3, 0.4) is 0 Å². The van der Waals surface area contributed by atoms with Gasteiger partial charge in [0, 0.05) is 12.1 Å². The van der Waals surface area contributed by atoms with Crippen molar-refractivity contribution in [1.29, 1.82) is 0 Å². The number of imidazole rings is 2. The second-order valence-electron chi connectivity index (χ2n) is 16.0. The van der Waals surface area contributed by atoms with E-state index in [0.717, 1.165) is 76.1 Å². The highest BCUT2D eigenvalue weighted by molar-refractivity contribution is 6.30. The molecule has 2 saturated carbocycles. The average molecular weight is 738 g/mol. The zero-order chi connectivity index (χ0) is 35.5. The first-order valence-electron chi connectivity index (χ1n) is 18.4. The Bertz CT molecular complexity index is 1970. The van der Waals surface area contributed by atoms with Crippen LogP contribution in [0.15, 0.2) is 24.3 Å². The standard InChI is InChI=1S/C37H46Cl2N8O4/c1-36(2)14-5-8-24(50-36)18-30(48)45-35-41-27-10-12-29(39)43-33(27)47(35)23-16-21(17-23)20-37(3)15-13-25(51-37)19-31(49)44-34-40-26-9-11-28(38)42-32(26)46(34)22-6-4-7-22/h9-12,21-25H,4-8,13-20H2,1-3H3,(H,40,44,49)(H,41,45,48). The lowest BCUT2D eigenvalue weighted by molar-refractivity contribution is -0.131.